The van der Waals surface area contributed by atoms with Crippen LogP contribution in [-0.4, -0.2) is 34.8 Å². The van der Waals surface area contributed by atoms with Crippen LogP contribution < -0.4 is 10.6 Å². The van der Waals surface area contributed by atoms with E-state index in [2.05, 4.69) is 10.6 Å². The van der Waals surface area contributed by atoms with Crippen LogP contribution >= 0.6 is 0 Å². The summed E-state index contributed by atoms with van der Waals surface area (Å²) in [7, 11) is 0. The summed E-state index contributed by atoms with van der Waals surface area (Å²) in [6.07, 6.45) is 0.404. The number of carboxylic acid groups (broad SMARTS) is 1. The molecule has 2 rings (SSSR count). The molecular formula is C17H24N2O4. The first kappa shape index (κ1) is 17.3. The van der Waals surface area contributed by atoms with Gasteiger partial charge in [0.1, 0.15) is 6.61 Å². The zero-order chi connectivity index (χ0) is 16.9. The highest BCUT2D eigenvalue weighted by atomic mass is 16.5. The molecular weight excluding hydrogens is 296 g/mol. The van der Waals surface area contributed by atoms with Crippen molar-refractivity contribution < 1.29 is 19.4 Å². The second-order valence-corrected chi connectivity index (χ2v) is 6.78. The van der Waals surface area contributed by atoms with Crippen LogP contribution in [0.25, 0.3) is 0 Å². The van der Waals surface area contributed by atoms with Gasteiger partial charge in [-0.3, -0.25) is 4.79 Å². The van der Waals surface area contributed by atoms with Gasteiger partial charge < -0.3 is 20.5 Å². The molecule has 1 aromatic carbocycles. The van der Waals surface area contributed by atoms with E-state index in [-0.39, 0.29) is 18.6 Å². The fourth-order valence-electron chi connectivity index (χ4n) is 3.20. The van der Waals surface area contributed by atoms with Gasteiger partial charge in [-0.15, -0.1) is 0 Å². The van der Waals surface area contributed by atoms with E-state index in [0.29, 0.717) is 19.4 Å². The molecule has 1 aromatic rings. The van der Waals surface area contributed by atoms with Crippen molar-refractivity contribution in [3.63, 3.8) is 0 Å². The van der Waals surface area contributed by atoms with Gasteiger partial charge in [0.2, 0.25) is 0 Å². The number of hydrogen-bond donors (Lipinski definition) is 3. The average molecular weight is 320 g/mol. The Morgan fingerprint density at radius 3 is 2.61 bits per heavy atom. The number of alkyl carbamates (subject to hydrolysis) is 1. The Morgan fingerprint density at radius 2 is 2.00 bits per heavy atom. The predicted molar refractivity (Wildman–Crippen MR) is 86.1 cm³/mol. The van der Waals surface area contributed by atoms with Crippen molar-refractivity contribution in [1.29, 1.82) is 0 Å². The van der Waals surface area contributed by atoms with Crippen molar-refractivity contribution in [2.45, 2.75) is 50.8 Å². The van der Waals surface area contributed by atoms with E-state index < -0.39 is 17.6 Å². The molecule has 0 saturated carbocycles. The molecule has 1 amide bonds. The van der Waals surface area contributed by atoms with E-state index in [4.69, 9.17) is 4.74 Å². The topological polar surface area (TPSA) is 87.7 Å². The van der Waals surface area contributed by atoms with Gasteiger partial charge in [0.15, 0.2) is 0 Å². The Kier molecular flexibility index (Phi) is 5.26. The van der Waals surface area contributed by atoms with Crippen LogP contribution in [0.4, 0.5) is 4.79 Å². The summed E-state index contributed by atoms with van der Waals surface area (Å²) in [5.41, 5.74) is -0.130. The fraction of sp³-hybridized carbons (Fsp3) is 0.529. The highest BCUT2D eigenvalue weighted by molar-refractivity contribution is 5.73. The second kappa shape index (κ2) is 7.00. The lowest BCUT2D eigenvalue weighted by Crippen LogP contribution is -2.61. The van der Waals surface area contributed by atoms with Crippen molar-refractivity contribution >= 4 is 12.1 Å². The summed E-state index contributed by atoms with van der Waals surface area (Å²) in [6.45, 7) is 4.82. The van der Waals surface area contributed by atoms with Gasteiger partial charge in [-0.25, -0.2) is 4.79 Å². The highest BCUT2D eigenvalue weighted by Gasteiger charge is 2.42. The maximum atomic E-state index is 12.1. The quantitative estimate of drug-likeness (QED) is 0.775. The number of hydrogen-bond acceptors (Lipinski definition) is 4. The third kappa shape index (κ3) is 5.25. The molecule has 1 aliphatic rings. The molecule has 0 aromatic heterocycles. The molecule has 0 radical (unpaired) electrons. The SMILES string of the molecule is CC1(C)CC(CC(=O)O)(NC(=O)OCc2ccccc2)CCN1. The normalized spacial score (nSPS) is 23.0. The molecule has 6 nitrogen and oxygen atoms in total. The lowest BCUT2D eigenvalue weighted by molar-refractivity contribution is -0.139. The third-order valence-corrected chi connectivity index (χ3v) is 4.06. The number of rotatable bonds is 5. The molecule has 23 heavy (non-hydrogen) atoms. The average Bonchev–Trinajstić information content (AvgIpc) is 2.44. The Hall–Kier alpha value is -2.08. The zero-order valence-corrected chi connectivity index (χ0v) is 13.6. The van der Waals surface area contributed by atoms with Crippen molar-refractivity contribution in [3.8, 4) is 0 Å². The molecule has 0 bridgehead atoms. The Labute approximate surface area is 136 Å². The van der Waals surface area contributed by atoms with Crippen LogP contribution in [0.3, 0.4) is 0 Å². The van der Waals surface area contributed by atoms with E-state index in [9.17, 15) is 14.7 Å². The van der Waals surface area contributed by atoms with Crippen molar-refractivity contribution in [1.82, 2.24) is 10.6 Å². The zero-order valence-electron chi connectivity index (χ0n) is 13.6. The van der Waals surface area contributed by atoms with Crippen LogP contribution in [0.15, 0.2) is 30.3 Å². The third-order valence-electron chi connectivity index (χ3n) is 4.06. The van der Waals surface area contributed by atoms with Gasteiger partial charge in [0, 0.05) is 5.54 Å². The Balaban J connectivity index is 1.99. The molecule has 126 valence electrons. The van der Waals surface area contributed by atoms with E-state index in [1.165, 1.54) is 0 Å². The highest BCUT2D eigenvalue weighted by Crippen LogP contribution is 2.31. The molecule has 1 aliphatic heterocycles. The monoisotopic (exact) mass is 320 g/mol. The Morgan fingerprint density at radius 1 is 1.30 bits per heavy atom. The van der Waals surface area contributed by atoms with Crippen molar-refractivity contribution in [3.05, 3.63) is 35.9 Å². The van der Waals surface area contributed by atoms with Crippen LogP contribution in [0.1, 0.15) is 38.7 Å². The Bertz CT molecular complexity index is 559. The summed E-state index contributed by atoms with van der Waals surface area (Å²) in [4.78, 5) is 23.4. The standard InChI is InChI=1S/C17H24N2O4/c1-16(2)12-17(8-9-18-16,10-14(20)21)19-15(22)23-11-13-6-4-3-5-7-13/h3-7,18H,8-12H2,1-2H3,(H,19,22)(H,20,21). The number of amides is 1. The van der Waals surface area contributed by atoms with Gasteiger partial charge in [-0.2, -0.15) is 0 Å². The van der Waals surface area contributed by atoms with Gasteiger partial charge in [0.25, 0.3) is 0 Å². The second-order valence-electron chi connectivity index (χ2n) is 6.78. The minimum Gasteiger partial charge on any atom is -0.481 e. The summed E-state index contributed by atoms with van der Waals surface area (Å²) in [6, 6.07) is 9.38. The number of piperidine rings is 1. The molecule has 1 atom stereocenters. The minimum absolute atomic E-state index is 0.113. The molecule has 0 aliphatic carbocycles. The van der Waals surface area contributed by atoms with Crippen molar-refractivity contribution in [2.24, 2.45) is 0 Å². The summed E-state index contributed by atoms with van der Waals surface area (Å²) >= 11 is 0. The van der Waals surface area contributed by atoms with E-state index in [1.54, 1.807) is 0 Å². The number of benzene rings is 1. The first-order chi connectivity index (χ1) is 10.8. The molecule has 0 spiro atoms. The van der Waals surface area contributed by atoms with Gasteiger partial charge >= 0.3 is 12.1 Å². The van der Waals surface area contributed by atoms with Gasteiger partial charge in [-0.1, -0.05) is 30.3 Å². The summed E-state index contributed by atoms with van der Waals surface area (Å²) < 4.78 is 5.24. The number of carbonyl (C=O) groups is 2. The first-order valence-corrected chi connectivity index (χ1v) is 7.76. The number of nitrogens with one attached hydrogen (secondary N) is 2. The maximum absolute atomic E-state index is 12.1. The molecule has 1 fully saturated rings. The van der Waals surface area contributed by atoms with Crippen LogP contribution in [0.5, 0.6) is 0 Å². The van der Waals surface area contributed by atoms with Crippen LogP contribution in [0.2, 0.25) is 0 Å². The van der Waals surface area contributed by atoms with Gasteiger partial charge in [-0.05, 0) is 38.8 Å². The predicted octanol–water partition coefficient (Wildman–Crippen LogP) is 2.29. The van der Waals surface area contributed by atoms with Crippen LogP contribution in [-0.2, 0) is 16.1 Å². The largest absolute Gasteiger partial charge is 0.481 e. The van der Waals surface area contributed by atoms with Gasteiger partial charge in [0.05, 0.1) is 12.0 Å². The molecule has 1 heterocycles. The van der Waals surface area contributed by atoms with Crippen molar-refractivity contribution in [2.75, 3.05) is 6.54 Å². The van der Waals surface area contributed by atoms with E-state index >= 15 is 0 Å². The number of aliphatic carboxylic acids is 1. The molecule has 6 heteroatoms. The fourth-order valence-corrected chi connectivity index (χ4v) is 3.20. The number of carbonyl (C=O) groups excluding carboxylic acids is 1. The minimum atomic E-state index is -0.925. The molecule has 1 unspecified atom stereocenters. The number of carboxylic acids is 1. The molecule has 1 saturated heterocycles. The first-order valence-electron chi connectivity index (χ1n) is 7.76. The maximum Gasteiger partial charge on any atom is 0.407 e. The van der Waals surface area contributed by atoms with E-state index in [0.717, 1.165) is 5.56 Å². The number of ether oxygens (including phenoxy) is 1. The molecule has 3 N–H and O–H groups in total. The lowest BCUT2D eigenvalue weighted by Gasteiger charge is -2.45. The summed E-state index contributed by atoms with van der Waals surface area (Å²) in [5, 5.41) is 15.3. The van der Waals surface area contributed by atoms with E-state index in [1.807, 2.05) is 44.2 Å². The van der Waals surface area contributed by atoms with Crippen LogP contribution in [0, 0.1) is 0 Å². The smallest absolute Gasteiger partial charge is 0.407 e. The summed E-state index contributed by atoms with van der Waals surface area (Å²) in [5.74, 6) is -0.925. The lowest BCUT2D eigenvalue weighted by atomic mass is 9.76.